The van der Waals surface area contributed by atoms with Gasteiger partial charge in [0.15, 0.2) is 0 Å². The summed E-state index contributed by atoms with van der Waals surface area (Å²) in [5, 5.41) is 4.83. The Morgan fingerprint density at radius 2 is 1.72 bits per heavy atom. The second-order valence-corrected chi connectivity index (χ2v) is 7.83. The molecule has 0 amide bonds. The summed E-state index contributed by atoms with van der Waals surface area (Å²) >= 11 is 6.24. The van der Waals surface area contributed by atoms with Gasteiger partial charge in [-0.15, -0.1) is 0 Å². The third-order valence-electron chi connectivity index (χ3n) is 5.22. The maximum absolute atomic E-state index is 13.8. The van der Waals surface area contributed by atoms with Crippen molar-refractivity contribution in [2.24, 2.45) is 5.16 Å². The van der Waals surface area contributed by atoms with E-state index < -0.39 is 0 Å². The molecule has 3 nitrogen and oxygen atoms in total. The second kappa shape index (κ2) is 9.37. The van der Waals surface area contributed by atoms with Crippen LogP contribution in [0.25, 0.3) is 16.9 Å². The van der Waals surface area contributed by atoms with E-state index in [-0.39, 0.29) is 18.2 Å². The van der Waals surface area contributed by atoms with E-state index in [4.69, 9.17) is 16.4 Å². The lowest BCUT2D eigenvalue weighted by atomic mass is 10.1. The van der Waals surface area contributed by atoms with Crippen LogP contribution in [0.5, 0.6) is 0 Å². The Kier molecular flexibility index (Phi) is 6.37. The number of rotatable bonds is 6. The molecule has 0 unspecified atom stereocenters. The van der Waals surface area contributed by atoms with Crippen LogP contribution in [0.2, 0.25) is 5.02 Å². The van der Waals surface area contributed by atoms with Crippen molar-refractivity contribution in [1.29, 1.82) is 0 Å². The van der Waals surface area contributed by atoms with Crippen molar-refractivity contribution in [1.82, 2.24) is 4.57 Å². The molecule has 1 aromatic heterocycles. The molecule has 0 N–H and O–H groups in total. The predicted molar refractivity (Wildman–Crippen MR) is 124 cm³/mol. The zero-order valence-electron chi connectivity index (χ0n) is 17.6. The second-order valence-electron chi connectivity index (χ2n) is 7.39. The molecule has 6 heteroatoms. The van der Waals surface area contributed by atoms with Gasteiger partial charge in [0.05, 0.1) is 11.4 Å². The van der Waals surface area contributed by atoms with Crippen LogP contribution in [-0.4, -0.2) is 10.3 Å². The Morgan fingerprint density at radius 1 is 0.969 bits per heavy atom. The normalized spacial score (nSPS) is 11.6. The molecule has 1 heterocycles. The molecule has 32 heavy (non-hydrogen) atoms. The number of nitrogens with zero attached hydrogens (tertiary/aromatic N) is 2. The van der Waals surface area contributed by atoms with Gasteiger partial charge in [-0.1, -0.05) is 41.0 Å². The molecule has 4 aromatic rings. The largest absolute Gasteiger partial charge is 0.391 e. The van der Waals surface area contributed by atoms with Crippen LogP contribution in [-0.2, 0) is 11.4 Å². The van der Waals surface area contributed by atoms with Crippen molar-refractivity contribution in [3.63, 3.8) is 0 Å². The van der Waals surface area contributed by atoms with Gasteiger partial charge in [-0.2, -0.15) is 0 Å². The Labute approximate surface area is 190 Å². The Bertz CT molecular complexity index is 1280. The van der Waals surface area contributed by atoms with E-state index >= 15 is 0 Å². The van der Waals surface area contributed by atoms with E-state index in [1.807, 2.05) is 48.7 Å². The molecule has 0 aliphatic carbocycles. The Balaban J connectivity index is 1.73. The van der Waals surface area contributed by atoms with Crippen molar-refractivity contribution >= 4 is 17.3 Å². The van der Waals surface area contributed by atoms with Gasteiger partial charge in [0.2, 0.25) is 0 Å². The van der Waals surface area contributed by atoms with E-state index in [9.17, 15) is 8.78 Å². The minimum atomic E-state index is -0.331. The standard InChI is InChI=1S/C26H21ClF2N2O/c1-17(30-32-16-20-6-3-4-9-25(20)29)24-15-26(19-10-12-22(28)13-11-19)31(18(24)2)23-8-5-7-21(27)14-23/h3-15H,16H2,1-2H3. The van der Waals surface area contributed by atoms with Gasteiger partial charge in [0.1, 0.15) is 18.2 Å². The highest BCUT2D eigenvalue weighted by atomic mass is 35.5. The molecule has 3 aromatic carbocycles. The molecular formula is C26H21ClF2N2O. The third kappa shape index (κ3) is 4.58. The maximum Gasteiger partial charge on any atom is 0.145 e. The lowest BCUT2D eigenvalue weighted by molar-refractivity contribution is 0.128. The summed E-state index contributed by atoms with van der Waals surface area (Å²) in [5.41, 5.74) is 5.44. The van der Waals surface area contributed by atoms with Crippen LogP contribution in [0.4, 0.5) is 8.78 Å². The van der Waals surface area contributed by atoms with Crippen LogP contribution in [0.3, 0.4) is 0 Å². The zero-order valence-corrected chi connectivity index (χ0v) is 18.4. The van der Waals surface area contributed by atoms with E-state index in [0.717, 1.165) is 28.2 Å². The van der Waals surface area contributed by atoms with Crippen molar-refractivity contribution in [2.45, 2.75) is 20.5 Å². The van der Waals surface area contributed by atoms with Gasteiger partial charge in [-0.3, -0.25) is 0 Å². The average Bonchev–Trinajstić information content (AvgIpc) is 3.12. The topological polar surface area (TPSA) is 26.5 Å². The molecule has 0 saturated heterocycles. The van der Waals surface area contributed by atoms with Gasteiger partial charge in [0, 0.05) is 27.5 Å². The summed E-state index contributed by atoms with van der Waals surface area (Å²) in [4.78, 5) is 5.44. The SMILES string of the molecule is CC(=NOCc1ccccc1F)c1cc(-c2ccc(F)cc2)n(-c2cccc(Cl)c2)c1C. The number of hydrogen-bond donors (Lipinski definition) is 0. The van der Waals surface area contributed by atoms with E-state index in [0.29, 0.717) is 16.3 Å². The number of benzene rings is 3. The van der Waals surface area contributed by atoms with Crippen molar-refractivity contribution in [3.05, 3.63) is 112 Å². The summed E-state index contributed by atoms with van der Waals surface area (Å²) in [6.07, 6.45) is 0. The maximum atomic E-state index is 13.8. The molecule has 0 spiro atoms. The lowest BCUT2D eigenvalue weighted by Crippen LogP contribution is -2.03. The van der Waals surface area contributed by atoms with Gasteiger partial charge >= 0.3 is 0 Å². The summed E-state index contributed by atoms with van der Waals surface area (Å²) in [6, 6.07) is 22.2. The van der Waals surface area contributed by atoms with Crippen LogP contribution in [0.15, 0.2) is 84.0 Å². The molecule has 0 aliphatic heterocycles. The average molecular weight is 451 g/mol. The fourth-order valence-electron chi connectivity index (χ4n) is 3.62. The number of halogens is 3. The minimum absolute atomic E-state index is 0.0306. The van der Waals surface area contributed by atoms with Crippen LogP contribution < -0.4 is 0 Å². The third-order valence-corrected chi connectivity index (χ3v) is 5.46. The summed E-state index contributed by atoms with van der Waals surface area (Å²) in [5.74, 6) is -0.631. The van der Waals surface area contributed by atoms with E-state index in [1.54, 1.807) is 30.3 Å². The summed E-state index contributed by atoms with van der Waals surface area (Å²) in [6.45, 7) is 3.84. The van der Waals surface area contributed by atoms with Crippen molar-refractivity contribution in [2.75, 3.05) is 0 Å². The molecule has 0 bridgehead atoms. The lowest BCUT2D eigenvalue weighted by Gasteiger charge is -2.13. The van der Waals surface area contributed by atoms with E-state index in [2.05, 4.69) is 5.16 Å². The quantitative estimate of drug-likeness (QED) is 0.223. The predicted octanol–water partition coefficient (Wildman–Crippen LogP) is 7.33. The fourth-order valence-corrected chi connectivity index (χ4v) is 3.80. The van der Waals surface area contributed by atoms with Gasteiger partial charge < -0.3 is 9.40 Å². The molecule has 0 radical (unpaired) electrons. The highest BCUT2D eigenvalue weighted by Gasteiger charge is 2.17. The molecule has 0 saturated carbocycles. The zero-order chi connectivity index (χ0) is 22.7. The summed E-state index contributed by atoms with van der Waals surface area (Å²) in [7, 11) is 0. The number of hydrogen-bond acceptors (Lipinski definition) is 2. The fraction of sp³-hybridized carbons (Fsp3) is 0.115. The highest BCUT2D eigenvalue weighted by molar-refractivity contribution is 6.30. The first-order chi connectivity index (χ1) is 15.4. The smallest absolute Gasteiger partial charge is 0.145 e. The van der Waals surface area contributed by atoms with Gasteiger partial charge in [-0.05, 0) is 74.0 Å². The Hall–Kier alpha value is -3.44. The Morgan fingerprint density at radius 3 is 2.44 bits per heavy atom. The summed E-state index contributed by atoms with van der Waals surface area (Å²) < 4.78 is 29.4. The van der Waals surface area contributed by atoms with Crippen LogP contribution >= 0.6 is 11.6 Å². The van der Waals surface area contributed by atoms with Crippen molar-refractivity contribution in [3.8, 4) is 16.9 Å². The molecular weight excluding hydrogens is 430 g/mol. The van der Waals surface area contributed by atoms with Crippen LogP contribution in [0, 0.1) is 18.6 Å². The molecule has 0 atom stereocenters. The monoisotopic (exact) mass is 450 g/mol. The number of aromatic nitrogens is 1. The van der Waals surface area contributed by atoms with Gasteiger partial charge in [0.25, 0.3) is 0 Å². The molecule has 0 aliphatic rings. The first-order valence-corrected chi connectivity index (χ1v) is 10.5. The molecule has 0 fully saturated rings. The minimum Gasteiger partial charge on any atom is -0.391 e. The first-order valence-electron chi connectivity index (χ1n) is 10.1. The highest BCUT2D eigenvalue weighted by Crippen LogP contribution is 2.31. The van der Waals surface area contributed by atoms with Crippen LogP contribution in [0.1, 0.15) is 23.7 Å². The molecule has 162 valence electrons. The number of oxime groups is 1. The molecule has 4 rings (SSSR count). The van der Waals surface area contributed by atoms with E-state index in [1.165, 1.54) is 18.2 Å². The van der Waals surface area contributed by atoms with Gasteiger partial charge in [-0.25, -0.2) is 8.78 Å². The van der Waals surface area contributed by atoms with Crippen molar-refractivity contribution < 1.29 is 13.6 Å². The first kappa shape index (κ1) is 21.8.